The van der Waals surface area contributed by atoms with Crippen LogP contribution in [0.15, 0.2) is 12.3 Å². The minimum atomic E-state index is -0.861. The molecule has 7 heteroatoms. The highest BCUT2D eigenvalue weighted by atomic mass is 35.5. The number of hydrogen-bond acceptors (Lipinski definition) is 4. The molecule has 1 saturated heterocycles. The molecule has 2 rings (SSSR count). The smallest absolute Gasteiger partial charge is 0.407 e. The normalized spacial score (nSPS) is 15.9. The van der Waals surface area contributed by atoms with Crippen LogP contribution in [0.3, 0.4) is 0 Å². The van der Waals surface area contributed by atoms with Gasteiger partial charge in [0, 0.05) is 31.5 Å². The van der Waals surface area contributed by atoms with E-state index in [1.54, 1.807) is 6.07 Å². The van der Waals surface area contributed by atoms with Gasteiger partial charge >= 0.3 is 6.09 Å². The highest BCUT2D eigenvalue weighted by Gasteiger charge is 2.22. The standard InChI is InChI=1S/C13H16ClN3O3/c14-12-5-11(10(8-18)7-16-12)15-6-9-1-3-17(4-2-9)13(19)20/h5,7-9H,1-4,6H2,(H,15,16)(H,19,20). The third-order valence-corrected chi connectivity index (χ3v) is 3.70. The fourth-order valence-corrected chi connectivity index (χ4v) is 2.43. The molecule has 108 valence electrons. The lowest BCUT2D eigenvalue weighted by Gasteiger charge is -2.30. The van der Waals surface area contributed by atoms with E-state index in [2.05, 4.69) is 10.3 Å². The SMILES string of the molecule is O=Cc1cnc(Cl)cc1NCC1CCN(C(=O)O)CC1. The fourth-order valence-electron chi connectivity index (χ4n) is 2.27. The van der Waals surface area contributed by atoms with Crippen LogP contribution in [0.4, 0.5) is 10.5 Å². The molecule has 2 N–H and O–H groups in total. The first kappa shape index (κ1) is 14.6. The molecular weight excluding hydrogens is 282 g/mol. The highest BCUT2D eigenvalue weighted by molar-refractivity contribution is 6.29. The number of halogens is 1. The van der Waals surface area contributed by atoms with E-state index in [9.17, 15) is 9.59 Å². The lowest BCUT2D eigenvalue weighted by atomic mass is 9.97. The lowest BCUT2D eigenvalue weighted by molar-refractivity contribution is 0.112. The van der Waals surface area contributed by atoms with E-state index in [4.69, 9.17) is 16.7 Å². The van der Waals surface area contributed by atoms with Gasteiger partial charge in [0.2, 0.25) is 0 Å². The summed E-state index contributed by atoms with van der Waals surface area (Å²) in [5.74, 6) is 0.386. The molecule has 0 unspecified atom stereocenters. The van der Waals surface area contributed by atoms with Gasteiger partial charge in [-0.3, -0.25) is 4.79 Å². The van der Waals surface area contributed by atoms with Crippen LogP contribution in [0.1, 0.15) is 23.2 Å². The minimum absolute atomic E-state index is 0.332. The Hall–Kier alpha value is -1.82. The van der Waals surface area contributed by atoms with Gasteiger partial charge in [0.1, 0.15) is 5.15 Å². The fraction of sp³-hybridized carbons (Fsp3) is 0.462. The van der Waals surface area contributed by atoms with Gasteiger partial charge in [0.05, 0.1) is 5.56 Å². The molecule has 0 bridgehead atoms. The number of anilines is 1. The molecule has 0 aromatic carbocycles. The largest absolute Gasteiger partial charge is 0.465 e. The Morgan fingerprint density at radius 3 is 2.85 bits per heavy atom. The number of piperidine rings is 1. The van der Waals surface area contributed by atoms with Crippen LogP contribution >= 0.6 is 11.6 Å². The van der Waals surface area contributed by atoms with Crippen molar-refractivity contribution in [1.82, 2.24) is 9.88 Å². The number of hydrogen-bond donors (Lipinski definition) is 2. The number of carboxylic acid groups (broad SMARTS) is 1. The molecular formula is C13H16ClN3O3. The Bertz CT molecular complexity index is 502. The Kier molecular flexibility index (Phi) is 4.79. The molecule has 0 atom stereocenters. The molecule has 1 aromatic heterocycles. The van der Waals surface area contributed by atoms with E-state index < -0.39 is 6.09 Å². The summed E-state index contributed by atoms with van der Waals surface area (Å²) in [5.41, 5.74) is 1.14. The van der Waals surface area contributed by atoms with E-state index in [1.165, 1.54) is 11.1 Å². The molecule has 1 amide bonds. The van der Waals surface area contributed by atoms with E-state index in [0.717, 1.165) is 19.1 Å². The zero-order chi connectivity index (χ0) is 14.5. The zero-order valence-corrected chi connectivity index (χ0v) is 11.6. The number of nitrogens with one attached hydrogen (secondary N) is 1. The number of aldehydes is 1. The van der Waals surface area contributed by atoms with Crippen molar-refractivity contribution >= 4 is 29.7 Å². The summed E-state index contributed by atoms with van der Waals surface area (Å²) in [5, 5.41) is 12.4. The molecule has 6 nitrogen and oxygen atoms in total. The number of aromatic nitrogens is 1. The van der Waals surface area contributed by atoms with Gasteiger partial charge in [-0.1, -0.05) is 11.6 Å². The Morgan fingerprint density at radius 1 is 1.55 bits per heavy atom. The maximum absolute atomic E-state index is 10.9. The van der Waals surface area contributed by atoms with Crippen molar-refractivity contribution in [3.8, 4) is 0 Å². The molecule has 20 heavy (non-hydrogen) atoms. The minimum Gasteiger partial charge on any atom is -0.465 e. The van der Waals surface area contributed by atoms with Crippen molar-refractivity contribution in [1.29, 1.82) is 0 Å². The summed E-state index contributed by atoms with van der Waals surface area (Å²) < 4.78 is 0. The Morgan fingerprint density at radius 2 is 2.25 bits per heavy atom. The summed E-state index contributed by atoms with van der Waals surface area (Å²) in [4.78, 5) is 27.0. The topological polar surface area (TPSA) is 82.5 Å². The monoisotopic (exact) mass is 297 g/mol. The summed E-state index contributed by atoms with van der Waals surface area (Å²) in [6, 6.07) is 1.62. The van der Waals surface area contributed by atoms with Gasteiger partial charge in [-0.2, -0.15) is 0 Å². The van der Waals surface area contributed by atoms with Crippen molar-refractivity contribution in [3.63, 3.8) is 0 Å². The molecule has 0 aliphatic carbocycles. The van der Waals surface area contributed by atoms with Crippen LogP contribution in [-0.2, 0) is 0 Å². The second-order valence-corrected chi connectivity index (χ2v) is 5.19. The van der Waals surface area contributed by atoms with Crippen LogP contribution in [0, 0.1) is 5.92 Å². The number of pyridine rings is 1. The van der Waals surface area contributed by atoms with Gasteiger partial charge in [-0.15, -0.1) is 0 Å². The van der Waals surface area contributed by atoms with Crippen molar-refractivity contribution < 1.29 is 14.7 Å². The third kappa shape index (κ3) is 3.60. The van der Waals surface area contributed by atoms with E-state index in [0.29, 0.717) is 42.0 Å². The number of likely N-dealkylation sites (tertiary alicyclic amines) is 1. The third-order valence-electron chi connectivity index (χ3n) is 3.49. The Balaban J connectivity index is 1.89. The molecule has 2 heterocycles. The average molecular weight is 298 g/mol. The average Bonchev–Trinajstić information content (AvgIpc) is 2.45. The van der Waals surface area contributed by atoms with E-state index >= 15 is 0 Å². The van der Waals surface area contributed by atoms with Crippen molar-refractivity contribution in [2.75, 3.05) is 25.0 Å². The number of carbonyl (C=O) groups excluding carboxylic acids is 1. The Labute approximate surface area is 121 Å². The zero-order valence-electron chi connectivity index (χ0n) is 10.9. The van der Waals surface area contributed by atoms with Crippen LogP contribution < -0.4 is 5.32 Å². The van der Waals surface area contributed by atoms with Crippen LogP contribution in [0.5, 0.6) is 0 Å². The predicted molar refractivity (Wildman–Crippen MR) is 75.4 cm³/mol. The first-order valence-corrected chi connectivity index (χ1v) is 6.80. The van der Waals surface area contributed by atoms with Crippen molar-refractivity contribution in [2.24, 2.45) is 5.92 Å². The molecule has 1 aliphatic rings. The molecule has 0 spiro atoms. The first-order valence-electron chi connectivity index (χ1n) is 6.42. The second kappa shape index (κ2) is 6.56. The molecule has 1 aliphatic heterocycles. The second-order valence-electron chi connectivity index (χ2n) is 4.81. The molecule has 1 fully saturated rings. The highest BCUT2D eigenvalue weighted by Crippen LogP contribution is 2.21. The molecule has 1 aromatic rings. The van der Waals surface area contributed by atoms with E-state index in [1.807, 2.05) is 0 Å². The van der Waals surface area contributed by atoms with Gasteiger partial charge in [0.15, 0.2) is 6.29 Å². The van der Waals surface area contributed by atoms with Gasteiger partial charge in [-0.25, -0.2) is 9.78 Å². The van der Waals surface area contributed by atoms with Crippen LogP contribution in [0.2, 0.25) is 5.15 Å². The molecule has 0 radical (unpaired) electrons. The maximum atomic E-state index is 10.9. The summed E-state index contributed by atoms with van der Waals surface area (Å²) >= 11 is 5.81. The van der Waals surface area contributed by atoms with Gasteiger partial charge in [0.25, 0.3) is 0 Å². The number of rotatable bonds is 4. The first-order chi connectivity index (χ1) is 9.60. The lowest BCUT2D eigenvalue weighted by Crippen LogP contribution is -2.39. The number of amides is 1. The van der Waals surface area contributed by atoms with Crippen LogP contribution in [-0.4, -0.2) is 47.0 Å². The van der Waals surface area contributed by atoms with Crippen molar-refractivity contribution in [3.05, 3.63) is 23.0 Å². The van der Waals surface area contributed by atoms with Crippen molar-refractivity contribution in [2.45, 2.75) is 12.8 Å². The molecule has 0 saturated carbocycles. The van der Waals surface area contributed by atoms with E-state index in [-0.39, 0.29) is 0 Å². The quantitative estimate of drug-likeness (QED) is 0.658. The van der Waals surface area contributed by atoms with Gasteiger partial charge < -0.3 is 15.3 Å². The van der Waals surface area contributed by atoms with Gasteiger partial charge in [-0.05, 0) is 24.8 Å². The summed E-state index contributed by atoms with van der Waals surface area (Å²) in [7, 11) is 0. The summed E-state index contributed by atoms with van der Waals surface area (Å²) in [6.45, 7) is 1.80. The predicted octanol–water partition coefficient (Wildman–Crippen LogP) is 2.35. The number of nitrogens with zero attached hydrogens (tertiary/aromatic N) is 2. The summed E-state index contributed by atoms with van der Waals surface area (Å²) in [6.07, 6.45) is 2.94. The number of carbonyl (C=O) groups is 2. The van der Waals surface area contributed by atoms with Crippen LogP contribution in [0.25, 0.3) is 0 Å². The maximum Gasteiger partial charge on any atom is 0.407 e.